The Morgan fingerprint density at radius 2 is 1.64 bits per heavy atom. The van der Waals surface area contributed by atoms with E-state index >= 15 is 0 Å². The highest BCUT2D eigenvalue weighted by atomic mass is 16.2. The van der Waals surface area contributed by atoms with Crippen molar-refractivity contribution in [2.75, 3.05) is 25.5 Å². The minimum atomic E-state index is -0.386. The van der Waals surface area contributed by atoms with Crippen molar-refractivity contribution in [1.29, 1.82) is 0 Å². The molecule has 80 valence electrons. The molecule has 1 aromatic rings. The van der Waals surface area contributed by atoms with Crippen molar-refractivity contribution in [1.82, 2.24) is 5.32 Å². The number of hydrogen-bond donors (Lipinski definition) is 2. The van der Waals surface area contributed by atoms with Crippen LogP contribution in [0.25, 0.3) is 0 Å². The first kappa shape index (κ1) is 12.8. The standard InChI is InChI=1S/C8H12N2O2.C2H6/c1-5-6(8(12)7(5)11)10-4-3-9-2;1-2/h9-10H,3-4H2,1-2H3;1-2H3. The van der Waals surface area contributed by atoms with Gasteiger partial charge < -0.3 is 10.6 Å². The third-order valence-electron chi connectivity index (χ3n) is 1.83. The van der Waals surface area contributed by atoms with Gasteiger partial charge in [-0.1, -0.05) is 13.8 Å². The minimum Gasteiger partial charge on any atom is -0.380 e. The van der Waals surface area contributed by atoms with Crippen LogP contribution in [0.2, 0.25) is 0 Å². The van der Waals surface area contributed by atoms with E-state index in [2.05, 4.69) is 10.6 Å². The molecule has 0 aliphatic heterocycles. The maximum absolute atomic E-state index is 10.9. The normalized spacial score (nSPS) is 9.43. The van der Waals surface area contributed by atoms with Gasteiger partial charge in [0.05, 0.1) is 5.69 Å². The fourth-order valence-electron chi connectivity index (χ4n) is 1.03. The molecule has 0 aromatic heterocycles. The van der Waals surface area contributed by atoms with Crippen LogP contribution in [0.1, 0.15) is 19.4 Å². The van der Waals surface area contributed by atoms with Crippen molar-refractivity contribution in [2.45, 2.75) is 20.8 Å². The van der Waals surface area contributed by atoms with Crippen molar-refractivity contribution in [3.63, 3.8) is 0 Å². The molecule has 0 saturated heterocycles. The largest absolute Gasteiger partial charge is 0.380 e. The molecule has 0 spiro atoms. The summed E-state index contributed by atoms with van der Waals surface area (Å²) in [6.07, 6.45) is 0. The summed E-state index contributed by atoms with van der Waals surface area (Å²) < 4.78 is 0. The Morgan fingerprint density at radius 1 is 1.07 bits per heavy atom. The van der Waals surface area contributed by atoms with Gasteiger partial charge in [-0.15, -0.1) is 0 Å². The Bertz CT molecular complexity index is 338. The van der Waals surface area contributed by atoms with Crippen molar-refractivity contribution < 1.29 is 0 Å². The van der Waals surface area contributed by atoms with E-state index in [1.807, 2.05) is 20.9 Å². The van der Waals surface area contributed by atoms with Gasteiger partial charge in [0.15, 0.2) is 0 Å². The van der Waals surface area contributed by atoms with E-state index in [4.69, 9.17) is 0 Å². The molecule has 1 aromatic carbocycles. The lowest BCUT2D eigenvalue weighted by Gasteiger charge is -2.08. The van der Waals surface area contributed by atoms with Gasteiger partial charge in [0.2, 0.25) is 10.9 Å². The Kier molecular flexibility index (Phi) is 5.79. The summed E-state index contributed by atoms with van der Waals surface area (Å²) in [4.78, 5) is 21.6. The molecule has 0 radical (unpaired) electrons. The topological polar surface area (TPSA) is 58.2 Å². The first-order valence-corrected chi connectivity index (χ1v) is 4.87. The molecule has 4 nitrogen and oxygen atoms in total. The van der Waals surface area contributed by atoms with Crippen molar-refractivity contribution in [3.05, 3.63) is 26.0 Å². The Balaban J connectivity index is 0.000000791. The van der Waals surface area contributed by atoms with Crippen LogP contribution >= 0.6 is 0 Å². The zero-order chi connectivity index (χ0) is 11.1. The van der Waals surface area contributed by atoms with Crippen molar-refractivity contribution in [3.8, 4) is 0 Å². The van der Waals surface area contributed by atoms with Crippen LogP contribution in [0.15, 0.2) is 9.59 Å². The van der Waals surface area contributed by atoms with Gasteiger partial charge in [-0.2, -0.15) is 0 Å². The van der Waals surface area contributed by atoms with Gasteiger partial charge in [0.1, 0.15) is 0 Å². The highest BCUT2D eigenvalue weighted by molar-refractivity contribution is 5.55. The molecule has 14 heavy (non-hydrogen) atoms. The van der Waals surface area contributed by atoms with Gasteiger partial charge in [0, 0.05) is 18.7 Å². The first-order valence-electron chi connectivity index (χ1n) is 4.87. The predicted molar refractivity (Wildman–Crippen MR) is 59.9 cm³/mol. The summed E-state index contributed by atoms with van der Waals surface area (Å²) in [5.74, 6) is 0. The smallest absolute Gasteiger partial charge is 0.249 e. The number of rotatable bonds is 4. The third kappa shape index (κ3) is 2.67. The number of anilines is 1. The number of likely N-dealkylation sites (N-methyl/N-ethyl adjacent to an activating group) is 1. The lowest BCUT2D eigenvalue weighted by atomic mass is 10.1. The maximum atomic E-state index is 10.9. The quantitative estimate of drug-likeness (QED) is 0.538. The van der Waals surface area contributed by atoms with E-state index in [1.54, 1.807) is 6.92 Å². The molecule has 0 aliphatic rings. The molecule has 0 atom stereocenters. The van der Waals surface area contributed by atoms with E-state index in [-0.39, 0.29) is 10.9 Å². The summed E-state index contributed by atoms with van der Waals surface area (Å²) in [7, 11) is 1.83. The van der Waals surface area contributed by atoms with Crippen LogP contribution in [0.3, 0.4) is 0 Å². The van der Waals surface area contributed by atoms with E-state index in [0.29, 0.717) is 17.8 Å². The van der Waals surface area contributed by atoms with Crippen LogP contribution in [0.4, 0.5) is 5.69 Å². The zero-order valence-corrected chi connectivity index (χ0v) is 9.23. The van der Waals surface area contributed by atoms with Crippen LogP contribution < -0.4 is 21.5 Å². The Hall–Kier alpha value is -1.16. The molecule has 4 heteroatoms. The number of hydrogen-bond acceptors (Lipinski definition) is 4. The molecular weight excluding hydrogens is 180 g/mol. The monoisotopic (exact) mass is 198 g/mol. The SMILES string of the molecule is CC.CNCCNc1c(C)c(=O)c1=O. The summed E-state index contributed by atoms with van der Waals surface area (Å²) in [5, 5.41) is 5.83. The van der Waals surface area contributed by atoms with E-state index in [9.17, 15) is 9.59 Å². The van der Waals surface area contributed by atoms with Gasteiger partial charge >= 0.3 is 0 Å². The third-order valence-corrected chi connectivity index (χ3v) is 1.83. The molecular formula is C10H18N2O2. The summed E-state index contributed by atoms with van der Waals surface area (Å²) in [6.45, 7) is 7.10. The number of nitrogens with one attached hydrogen (secondary N) is 2. The lowest BCUT2D eigenvalue weighted by molar-refractivity contribution is 0.821. The zero-order valence-electron chi connectivity index (χ0n) is 9.23. The average molecular weight is 198 g/mol. The highest BCUT2D eigenvalue weighted by Gasteiger charge is 2.15. The van der Waals surface area contributed by atoms with Crippen LogP contribution in [-0.2, 0) is 0 Å². The van der Waals surface area contributed by atoms with Gasteiger partial charge in [-0.3, -0.25) is 9.59 Å². The molecule has 0 heterocycles. The summed E-state index contributed by atoms with van der Waals surface area (Å²) in [5.41, 5.74) is 0.289. The highest BCUT2D eigenvalue weighted by Crippen LogP contribution is 2.03. The molecule has 2 N–H and O–H groups in total. The van der Waals surface area contributed by atoms with Crippen LogP contribution in [-0.4, -0.2) is 20.1 Å². The predicted octanol–water partition coefficient (Wildman–Crippen LogP) is 0.249. The van der Waals surface area contributed by atoms with E-state index < -0.39 is 0 Å². The Morgan fingerprint density at radius 3 is 2.07 bits per heavy atom. The van der Waals surface area contributed by atoms with Gasteiger partial charge in [-0.05, 0) is 14.0 Å². The Labute approximate surface area is 84.0 Å². The minimum absolute atomic E-state index is 0.359. The molecule has 0 amide bonds. The van der Waals surface area contributed by atoms with E-state index in [0.717, 1.165) is 6.54 Å². The average Bonchev–Trinajstić information content (AvgIpc) is 2.26. The van der Waals surface area contributed by atoms with Crippen LogP contribution in [0.5, 0.6) is 0 Å². The van der Waals surface area contributed by atoms with Gasteiger partial charge in [0.25, 0.3) is 0 Å². The molecule has 0 saturated carbocycles. The molecule has 0 aliphatic carbocycles. The van der Waals surface area contributed by atoms with Gasteiger partial charge in [-0.25, -0.2) is 0 Å². The van der Waals surface area contributed by atoms with Crippen molar-refractivity contribution in [2.24, 2.45) is 0 Å². The molecule has 0 bridgehead atoms. The molecule has 1 rings (SSSR count). The maximum Gasteiger partial charge on any atom is 0.249 e. The summed E-state index contributed by atoms with van der Waals surface area (Å²) in [6, 6.07) is 0. The fraction of sp³-hybridized carbons (Fsp3) is 0.600. The molecule has 0 unspecified atom stereocenters. The second-order valence-corrected chi connectivity index (χ2v) is 2.69. The first-order chi connectivity index (χ1) is 6.68. The van der Waals surface area contributed by atoms with E-state index in [1.165, 1.54) is 0 Å². The lowest BCUT2D eigenvalue weighted by Crippen LogP contribution is -2.38. The van der Waals surface area contributed by atoms with Crippen LogP contribution in [0, 0.1) is 6.92 Å². The van der Waals surface area contributed by atoms with Crippen molar-refractivity contribution >= 4 is 5.69 Å². The fourth-order valence-corrected chi connectivity index (χ4v) is 1.03. The second kappa shape index (κ2) is 6.32. The summed E-state index contributed by atoms with van der Waals surface area (Å²) >= 11 is 0. The molecule has 0 fully saturated rings. The second-order valence-electron chi connectivity index (χ2n) is 2.69.